The molecular formula is C27H27N8O5+. The summed E-state index contributed by atoms with van der Waals surface area (Å²) < 4.78 is 8.87. The number of oxazole rings is 1. The number of imidazole rings is 1. The number of amides is 2. The van der Waals surface area contributed by atoms with E-state index >= 15 is 0 Å². The van der Waals surface area contributed by atoms with E-state index in [2.05, 4.69) is 20.6 Å². The Morgan fingerprint density at radius 3 is 2.50 bits per heavy atom. The quantitative estimate of drug-likeness (QED) is 0.190. The van der Waals surface area contributed by atoms with Gasteiger partial charge in [0, 0.05) is 12.6 Å². The molecule has 0 spiro atoms. The molecule has 0 fully saturated rings. The number of aromatic nitrogens is 4. The molecule has 1 atom stereocenters. The van der Waals surface area contributed by atoms with Crippen molar-refractivity contribution in [3.05, 3.63) is 82.5 Å². The Morgan fingerprint density at radius 2 is 1.80 bits per heavy atom. The Labute approximate surface area is 227 Å². The minimum Gasteiger partial charge on any atom is -0.478 e. The summed E-state index contributed by atoms with van der Waals surface area (Å²) in [5.74, 6) is -1.48. The van der Waals surface area contributed by atoms with Crippen LogP contribution >= 0.6 is 0 Å². The summed E-state index contributed by atoms with van der Waals surface area (Å²) in [6.07, 6.45) is 0. The van der Waals surface area contributed by atoms with E-state index in [0.29, 0.717) is 5.56 Å². The number of nitrogen functional groups attached to an aromatic ring is 2. The molecule has 13 heteroatoms. The molecule has 0 unspecified atom stereocenters. The third kappa shape index (κ3) is 4.75. The van der Waals surface area contributed by atoms with Crippen LogP contribution in [0.3, 0.4) is 0 Å². The smallest absolute Gasteiger partial charge is 0.344 e. The van der Waals surface area contributed by atoms with E-state index in [-0.39, 0.29) is 40.9 Å². The van der Waals surface area contributed by atoms with E-state index in [1.54, 1.807) is 19.1 Å². The van der Waals surface area contributed by atoms with Crippen LogP contribution in [0, 0.1) is 6.92 Å². The van der Waals surface area contributed by atoms with E-state index in [1.165, 1.54) is 22.6 Å². The molecule has 204 valence electrons. The van der Waals surface area contributed by atoms with Crippen LogP contribution in [0.1, 0.15) is 61.3 Å². The highest BCUT2D eigenvalue weighted by atomic mass is 16.4. The Kier molecular flexibility index (Phi) is 6.55. The molecular weight excluding hydrogens is 516 g/mol. The molecule has 5 aromatic rings. The lowest BCUT2D eigenvalue weighted by molar-refractivity contribution is -0.657. The van der Waals surface area contributed by atoms with Gasteiger partial charge in [-0.1, -0.05) is 18.2 Å². The van der Waals surface area contributed by atoms with Gasteiger partial charge in [-0.05, 0) is 42.3 Å². The molecule has 2 amide bonds. The maximum absolute atomic E-state index is 13.4. The van der Waals surface area contributed by atoms with Crippen LogP contribution in [0.15, 0.2) is 52.9 Å². The van der Waals surface area contributed by atoms with E-state index in [9.17, 15) is 14.4 Å². The number of aryl methyl sites for hydroxylation is 2. The highest BCUT2D eigenvalue weighted by molar-refractivity contribution is 5.99. The van der Waals surface area contributed by atoms with Gasteiger partial charge in [0.15, 0.2) is 11.5 Å². The fourth-order valence-corrected chi connectivity index (χ4v) is 4.37. The average molecular weight is 544 g/mol. The molecule has 3 heterocycles. The second kappa shape index (κ2) is 10.0. The number of anilines is 2. The predicted molar refractivity (Wildman–Crippen MR) is 144 cm³/mol. The van der Waals surface area contributed by atoms with Gasteiger partial charge in [0.1, 0.15) is 18.4 Å². The van der Waals surface area contributed by atoms with Crippen molar-refractivity contribution in [3.63, 3.8) is 0 Å². The second-order valence-corrected chi connectivity index (χ2v) is 9.33. The number of nitrogens with two attached hydrogens (primary N) is 2. The monoisotopic (exact) mass is 543 g/mol. The lowest BCUT2D eigenvalue weighted by Gasteiger charge is -2.16. The number of hydrogen-bond donors (Lipinski definition) is 5. The molecule has 0 aliphatic carbocycles. The van der Waals surface area contributed by atoms with Gasteiger partial charge in [0.2, 0.25) is 11.5 Å². The van der Waals surface area contributed by atoms with Gasteiger partial charge in [-0.2, -0.15) is 9.55 Å². The van der Waals surface area contributed by atoms with E-state index in [0.717, 1.165) is 22.6 Å². The molecule has 0 aliphatic heterocycles. The van der Waals surface area contributed by atoms with Crippen LogP contribution in [0.2, 0.25) is 0 Å². The number of carboxylic acid groups (broad SMARTS) is 1. The average Bonchev–Trinajstić information content (AvgIpc) is 3.39. The van der Waals surface area contributed by atoms with Crippen molar-refractivity contribution < 1.29 is 28.5 Å². The van der Waals surface area contributed by atoms with Gasteiger partial charge in [-0.15, -0.1) is 0 Å². The van der Waals surface area contributed by atoms with Crippen molar-refractivity contribution in [2.45, 2.75) is 26.4 Å². The number of nitrogens with one attached hydrogen (secondary N) is 2. The maximum atomic E-state index is 13.4. The fraction of sp³-hybridized carbons (Fsp3) is 0.185. The SMILES string of the molecule is Cc1oc2ccc(CNC(=O)c3cc(C(=O)N[C@H](C)c4ccc(C(=O)O)cc4)n4c(N)nc(N)c4n3)cc2[n+]1C. The van der Waals surface area contributed by atoms with Crippen LogP contribution in [-0.2, 0) is 13.6 Å². The van der Waals surface area contributed by atoms with Crippen molar-refractivity contribution in [2.24, 2.45) is 7.05 Å². The number of carboxylic acids is 1. The van der Waals surface area contributed by atoms with Gasteiger partial charge in [-0.25, -0.2) is 9.78 Å². The standard InChI is InChI=1S/C27H26N8O5/c1-13(16-5-7-17(8-6-16)26(38)39)31-25(37)20-11-18(32-23-22(28)33-27(29)35(20)23)24(36)30-12-15-4-9-21-19(10-15)34(3)14(2)40-21/h4-11,13H,12H2,1-3H3,(H6-,28,29,30,31,33,36,37,38,39)/p+1/t13-/m1/s1. The topological polar surface area (TPSA) is 195 Å². The van der Waals surface area contributed by atoms with E-state index in [1.807, 2.05) is 36.7 Å². The first-order valence-corrected chi connectivity index (χ1v) is 12.3. The number of carbonyl (C=O) groups is 3. The number of rotatable bonds is 7. The molecule has 40 heavy (non-hydrogen) atoms. The molecule has 2 aromatic carbocycles. The van der Waals surface area contributed by atoms with Gasteiger partial charge < -0.3 is 31.6 Å². The molecule has 0 radical (unpaired) electrons. The van der Waals surface area contributed by atoms with Crippen molar-refractivity contribution in [1.29, 1.82) is 0 Å². The van der Waals surface area contributed by atoms with Crippen molar-refractivity contribution in [1.82, 2.24) is 25.0 Å². The minimum absolute atomic E-state index is 0.00757. The Bertz CT molecular complexity index is 1810. The zero-order valence-corrected chi connectivity index (χ0v) is 21.9. The molecule has 5 rings (SSSR count). The van der Waals surface area contributed by atoms with Crippen LogP contribution in [0.5, 0.6) is 0 Å². The van der Waals surface area contributed by atoms with Crippen LogP contribution < -0.4 is 26.7 Å². The Hall–Kier alpha value is -5.46. The maximum Gasteiger partial charge on any atom is 0.344 e. The summed E-state index contributed by atoms with van der Waals surface area (Å²) in [6, 6.07) is 12.5. The molecule has 13 nitrogen and oxygen atoms in total. The zero-order valence-electron chi connectivity index (χ0n) is 21.9. The van der Waals surface area contributed by atoms with Gasteiger partial charge >= 0.3 is 11.9 Å². The molecule has 0 aliphatic rings. The molecule has 0 bridgehead atoms. The first kappa shape index (κ1) is 26.2. The number of nitrogens with zero attached hydrogens (tertiary/aromatic N) is 4. The van der Waals surface area contributed by atoms with E-state index < -0.39 is 23.8 Å². The van der Waals surface area contributed by atoms with Crippen LogP contribution in [0.4, 0.5) is 11.8 Å². The number of aromatic carboxylic acids is 1. The Balaban J connectivity index is 1.40. The summed E-state index contributed by atoms with van der Waals surface area (Å²) in [5.41, 5.74) is 15.3. The highest BCUT2D eigenvalue weighted by Crippen LogP contribution is 2.21. The van der Waals surface area contributed by atoms with Crippen molar-refractivity contribution in [3.8, 4) is 0 Å². The molecule has 7 N–H and O–H groups in total. The largest absolute Gasteiger partial charge is 0.478 e. The minimum atomic E-state index is -1.05. The lowest BCUT2D eigenvalue weighted by atomic mass is 10.1. The second-order valence-electron chi connectivity index (χ2n) is 9.33. The normalized spacial score (nSPS) is 12.0. The van der Waals surface area contributed by atoms with Crippen LogP contribution in [0.25, 0.3) is 16.7 Å². The third-order valence-corrected chi connectivity index (χ3v) is 6.68. The zero-order chi connectivity index (χ0) is 28.7. The van der Waals surface area contributed by atoms with Crippen molar-refractivity contribution >= 4 is 46.3 Å². The number of fused-ring (bicyclic) bond motifs is 2. The van der Waals surface area contributed by atoms with Crippen LogP contribution in [-0.4, -0.2) is 37.3 Å². The summed E-state index contributed by atoms with van der Waals surface area (Å²) in [6.45, 7) is 3.80. The summed E-state index contributed by atoms with van der Waals surface area (Å²) in [7, 11) is 1.89. The number of benzene rings is 2. The summed E-state index contributed by atoms with van der Waals surface area (Å²) in [4.78, 5) is 46.0. The Morgan fingerprint density at radius 1 is 1.07 bits per heavy atom. The van der Waals surface area contributed by atoms with Gasteiger partial charge in [-0.3, -0.25) is 14.0 Å². The molecule has 0 saturated heterocycles. The van der Waals surface area contributed by atoms with E-state index in [4.69, 9.17) is 21.0 Å². The first-order valence-electron chi connectivity index (χ1n) is 12.3. The molecule has 0 saturated carbocycles. The van der Waals surface area contributed by atoms with Crippen molar-refractivity contribution in [2.75, 3.05) is 11.5 Å². The molecule has 3 aromatic heterocycles. The fourth-order valence-electron chi connectivity index (χ4n) is 4.37. The summed E-state index contributed by atoms with van der Waals surface area (Å²) in [5, 5.41) is 14.8. The summed E-state index contributed by atoms with van der Waals surface area (Å²) >= 11 is 0. The highest BCUT2D eigenvalue weighted by Gasteiger charge is 2.23. The number of carbonyl (C=O) groups excluding carboxylic acids is 2. The lowest BCUT2D eigenvalue weighted by Crippen LogP contribution is -2.30. The number of hydrogen-bond acceptors (Lipinski definition) is 8. The predicted octanol–water partition coefficient (Wildman–Crippen LogP) is 1.89. The third-order valence-electron chi connectivity index (χ3n) is 6.68. The van der Waals surface area contributed by atoms with Gasteiger partial charge in [0.25, 0.3) is 17.3 Å². The first-order chi connectivity index (χ1) is 19.0. The van der Waals surface area contributed by atoms with Gasteiger partial charge in [0.05, 0.1) is 18.5 Å².